The molecule has 0 radical (unpaired) electrons. The second kappa shape index (κ2) is 32.5. The topological polar surface area (TPSA) is 196 Å². The van der Waals surface area contributed by atoms with Crippen molar-refractivity contribution in [3.05, 3.63) is 81.0 Å². The molecule has 4 aromatic rings. The first-order chi connectivity index (χ1) is 24.5. The summed E-state index contributed by atoms with van der Waals surface area (Å²) in [7, 11) is -2.45. The van der Waals surface area contributed by atoms with Gasteiger partial charge in [0.25, 0.3) is 0 Å². The van der Waals surface area contributed by atoms with Crippen LogP contribution in [0, 0.1) is 0 Å². The van der Waals surface area contributed by atoms with E-state index < -0.39 is 22.0 Å². The molecule has 304 valence electrons. The first-order valence-corrected chi connectivity index (χ1v) is 20.7. The molecule has 0 bridgehead atoms. The molecule has 2 unspecified atom stereocenters. The van der Waals surface area contributed by atoms with Crippen LogP contribution in [0.3, 0.4) is 0 Å². The van der Waals surface area contributed by atoms with Crippen LogP contribution in [-0.4, -0.2) is 86.2 Å². The molecule has 16 heteroatoms. The van der Waals surface area contributed by atoms with Gasteiger partial charge in [-0.15, -0.1) is 0 Å². The summed E-state index contributed by atoms with van der Waals surface area (Å²) in [5.74, 6) is -0.00752. The molecule has 11 nitrogen and oxygen atoms in total. The van der Waals surface area contributed by atoms with Gasteiger partial charge >= 0.3 is 0 Å². The van der Waals surface area contributed by atoms with Crippen molar-refractivity contribution in [3.8, 4) is 0 Å². The van der Waals surface area contributed by atoms with Crippen LogP contribution in [0.5, 0.6) is 0 Å². The number of benzene rings is 2. The van der Waals surface area contributed by atoms with Gasteiger partial charge in [-0.05, 0) is 113 Å². The van der Waals surface area contributed by atoms with E-state index in [4.69, 9.17) is 25.6 Å². The van der Waals surface area contributed by atoms with Gasteiger partial charge in [0, 0.05) is 74.8 Å². The molecule has 2 heterocycles. The van der Waals surface area contributed by atoms with Crippen molar-refractivity contribution in [2.75, 3.05) is 26.4 Å². The minimum absolute atomic E-state index is 0. The maximum absolute atomic E-state index is 12.1. The van der Waals surface area contributed by atoms with Crippen molar-refractivity contribution in [2.24, 2.45) is 9.54 Å². The van der Waals surface area contributed by atoms with Gasteiger partial charge in [-0.1, -0.05) is 56.1 Å². The monoisotopic (exact) mass is 954 g/mol. The van der Waals surface area contributed by atoms with Crippen molar-refractivity contribution >= 4 is 87.1 Å². The molecule has 0 aliphatic heterocycles. The summed E-state index contributed by atoms with van der Waals surface area (Å²) in [6.07, 6.45) is 0. The van der Waals surface area contributed by atoms with Crippen LogP contribution in [-0.2, 0) is 43.7 Å². The molecule has 2 aromatic heterocycles. The molecular formula is C38H60Br2N4O7S2Ti. The third-order valence-electron chi connectivity index (χ3n) is 5.39. The summed E-state index contributed by atoms with van der Waals surface area (Å²) >= 11 is 6.81. The second-order valence-corrected chi connectivity index (χ2v) is 17.9. The molecule has 0 aliphatic rings. The van der Waals surface area contributed by atoms with E-state index in [1.165, 1.54) is 6.92 Å². The Balaban J connectivity index is -0.000000319. The number of carbonyl (C=O) groups is 1. The summed E-state index contributed by atoms with van der Waals surface area (Å²) in [6.45, 7) is 22.3. The van der Waals surface area contributed by atoms with Crippen LogP contribution in [0.1, 0.15) is 99.3 Å². The van der Waals surface area contributed by atoms with Crippen LogP contribution in [0.15, 0.2) is 74.0 Å². The number of aromatic nitrogens is 2. The quantitative estimate of drug-likeness (QED) is 0.0772. The van der Waals surface area contributed by atoms with Gasteiger partial charge in [0.2, 0.25) is 0 Å². The molecule has 0 spiro atoms. The Labute approximate surface area is 359 Å². The Hall–Kier alpha value is -1.63. The minimum Gasteiger partial charge on any atom is -0.397 e. The van der Waals surface area contributed by atoms with Gasteiger partial charge in [0.05, 0.1) is 42.9 Å². The smallest absolute Gasteiger partial charge is 0.178 e. The van der Waals surface area contributed by atoms with Crippen LogP contribution < -0.4 is 5.14 Å². The summed E-state index contributed by atoms with van der Waals surface area (Å²) in [4.78, 5) is 19.9. The molecule has 0 fully saturated rings. The van der Waals surface area contributed by atoms with E-state index in [-0.39, 0.29) is 63.4 Å². The zero-order valence-corrected chi connectivity index (χ0v) is 40.0. The van der Waals surface area contributed by atoms with Gasteiger partial charge in [-0.3, -0.25) is 9.93 Å². The van der Waals surface area contributed by atoms with Crippen molar-refractivity contribution in [3.63, 3.8) is 0 Å². The Kier molecular flexibility index (Phi) is 35.5. The molecule has 4 rings (SSSR count). The third kappa shape index (κ3) is 27.9. The van der Waals surface area contributed by atoms with Crippen LogP contribution in [0.25, 0.3) is 21.8 Å². The fourth-order valence-electron chi connectivity index (χ4n) is 2.89. The molecule has 2 aromatic carbocycles. The van der Waals surface area contributed by atoms with Crippen LogP contribution in [0.4, 0.5) is 0 Å². The SMILES string of the molecule is CC(=NS(=O)C(C)(C)C)c1ccc2ccc(Br)cc2n1.CC(=O)c1ccc2ccc(Br)cc2n1.CC(C)(C)S(N)=O.CCO.CCO.CCO.CCO.[Ti]. The number of ketones is 1. The molecule has 0 amide bonds. The number of pyridine rings is 2. The van der Waals surface area contributed by atoms with Crippen molar-refractivity contribution in [1.82, 2.24) is 9.97 Å². The fraction of sp³-hybridized carbons (Fsp3) is 0.474. The van der Waals surface area contributed by atoms with E-state index in [9.17, 15) is 13.2 Å². The largest absolute Gasteiger partial charge is 0.397 e. The summed E-state index contributed by atoms with van der Waals surface area (Å²) in [6, 6.07) is 19.4. The Morgan fingerprint density at radius 3 is 1.26 bits per heavy atom. The number of nitrogens with zero attached hydrogens (tertiary/aromatic N) is 3. The zero-order chi connectivity index (χ0) is 41.9. The number of hydrogen-bond donors (Lipinski definition) is 5. The molecule has 6 N–H and O–H groups in total. The standard InChI is InChI=1S/C15H17BrN2OS.C11H8BrNO.C4H11NOS.4C2H6O.Ti/c1-10(18-20(19)15(2,3)4)13-8-6-11-5-7-12(16)9-14(11)17-13;1-7(14)10-5-3-8-2-4-9(12)6-11(8)13-10;1-4(2,3)7(5)6;4*1-2-3;/h5-9H,1-4H3;2-6H,1H3;5H2,1-3H3;4*3H,2H2,1H3;. The molecule has 0 saturated heterocycles. The maximum Gasteiger partial charge on any atom is 0.178 e. The number of aliphatic hydroxyl groups excluding tert-OH is 4. The number of halogens is 2. The third-order valence-corrected chi connectivity index (χ3v) is 9.07. The molecule has 54 heavy (non-hydrogen) atoms. The number of fused-ring (bicyclic) bond motifs is 2. The van der Waals surface area contributed by atoms with Gasteiger partial charge < -0.3 is 20.4 Å². The number of hydrogen-bond acceptors (Lipinski definition) is 9. The van der Waals surface area contributed by atoms with Gasteiger partial charge in [0.15, 0.2) is 5.78 Å². The number of carbonyl (C=O) groups excluding carboxylic acids is 1. The van der Waals surface area contributed by atoms with Crippen molar-refractivity contribution in [2.45, 2.75) is 92.6 Å². The van der Waals surface area contributed by atoms with E-state index in [0.717, 1.165) is 36.4 Å². The van der Waals surface area contributed by atoms with Gasteiger partial charge in [-0.2, -0.15) is 4.40 Å². The number of nitrogens with two attached hydrogens (primary N) is 1. The van der Waals surface area contributed by atoms with Crippen molar-refractivity contribution < 1.29 is 55.4 Å². The first kappa shape index (κ1) is 59.1. The predicted octanol–water partition coefficient (Wildman–Crippen LogP) is 7.87. The molecule has 0 aliphatic carbocycles. The van der Waals surface area contributed by atoms with E-state index in [1.807, 2.05) is 103 Å². The molecular weight excluding hydrogens is 896 g/mol. The van der Waals surface area contributed by atoms with Crippen LogP contribution in [0.2, 0.25) is 0 Å². The van der Waals surface area contributed by atoms with E-state index >= 15 is 0 Å². The first-order valence-electron chi connectivity index (χ1n) is 16.8. The number of aliphatic hydroxyl groups is 4. The zero-order valence-electron chi connectivity index (χ0n) is 33.6. The average Bonchev–Trinajstić information content (AvgIpc) is 3.05. The maximum atomic E-state index is 12.1. The van der Waals surface area contributed by atoms with Gasteiger partial charge in [0.1, 0.15) is 16.7 Å². The van der Waals surface area contributed by atoms with Crippen LogP contribution >= 0.6 is 31.9 Å². The fourth-order valence-corrected chi connectivity index (χ4v) is 4.20. The predicted molar refractivity (Wildman–Crippen MR) is 232 cm³/mol. The van der Waals surface area contributed by atoms with E-state index in [1.54, 1.807) is 33.8 Å². The average molecular weight is 957 g/mol. The Bertz CT molecular complexity index is 1710. The van der Waals surface area contributed by atoms with Crippen molar-refractivity contribution in [1.29, 1.82) is 0 Å². The minimum atomic E-state index is -1.27. The summed E-state index contributed by atoms with van der Waals surface area (Å²) in [5.41, 5.74) is 3.70. The summed E-state index contributed by atoms with van der Waals surface area (Å²) < 4.78 is 28.0. The molecule has 0 saturated carbocycles. The number of rotatable bonds is 3. The Morgan fingerprint density at radius 1 is 0.667 bits per heavy atom. The van der Waals surface area contributed by atoms with Gasteiger partial charge in [-0.25, -0.2) is 18.4 Å². The Morgan fingerprint density at radius 2 is 0.963 bits per heavy atom. The molecule has 2 atom stereocenters. The van der Waals surface area contributed by atoms with E-state index in [2.05, 4.69) is 46.2 Å². The summed E-state index contributed by atoms with van der Waals surface area (Å²) in [5, 5.41) is 37.4. The van der Waals surface area contributed by atoms with E-state index in [0.29, 0.717) is 11.4 Å². The number of Topliss-reactive ketones (excluding diaryl/α,β-unsaturated/α-hetero) is 1. The normalized spacial score (nSPS) is 11.6. The second-order valence-electron chi connectivity index (χ2n) is 12.3.